The molecule has 0 radical (unpaired) electrons. The van der Waals surface area contributed by atoms with Crippen molar-refractivity contribution in [3.05, 3.63) is 52.3 Å². The molecule has 1 aromatic carbocycles. The van der Waals surface area contributed by atoms with Gasteiger partial charge in [0.05, 0.1) is 20.3 Å². The van der Waals surface area contributed by atoms with Crippen molar-refractivity contribution in [2.24, 2.45) is 0 Å². The van der Waals surface area contributed by atoms with Gasteiger partial charge in [-0.3, -0.25) is 4.79 Å². The van der Waals surface area contributed by atoms with Crippen LogP contribution < -0.4 is 20.1 Å². The highest BCUT2D eigenvalue weighted by atomic mass is 16.5. The third-order valence-electron chi connectivity index (χ3n) is 4.95. The van der Waals surface area contributed by atoms with Gasteiger partial charge in [0, 0.05) is 44.0 Å². The number of hydrogen-bond donors (Lipinski definition) is 1. The zero-order valence-electron chi connectivity index (χ0n) is 16.2. The topological polar surface area (TPSA) is 57.8 Å². The van der Waals surface area contributed by atoms with Crippen molar-refractivity contribution in [1.29, 1.82) is 0 Å². The molecule has 0 saturated carbocycles. The van der Waals surface area contributed by atoms with E-state index in [0.717, 1.165) is 56.6 Å². The van der Waals surface area contributed by atoms with Crippen LogP contribution in [0.3, 0.4) is 0 Å². The van der Waals surface area contributed by atoms with E-state index in [-0.39, 0.29) is 5.56 Å². The predicted molar refractivity (Wildman–Crippen MR) is 109 cm³/mol. The molecule has 0 atom stereocenters. The number of methoxy groups -OCH3 is 1. The zero-order valence-corrected chi connectivity index (χ0v) is 16.2. The molecule has 0 aliphatic carbocycles. The second kappa shape index (κ2) is 9.46. The van der Waals surface area contributed by atoms with Gasteiger partial charge in [-0.1, -0.05) is 18.2 Å². The lowest BCUT2D eigenvalue weighted by molar-refractivity contribution is 0.122. The number of rotatable bonds is 3. The number of aryl methyl sites for hydroxylation is 1. The lowest BCUT2D eigenvalue weighted by Crippen LogP contribution is -2.37. The number of hydrogen-bond acceptors (Lipinski definition) is 5. The molecule has 2 fully saturated rings. The summed E-state index contributed by atoms with van der Waals surface area (Å²) in [4.78, 5) is 19.2. The molecule has 0 unspecified atom stereocenters. The van der Waals surface area contributed by atoms with Crippen LogP contribution in [0.2, 0.25) is 0 Å². The van der Waals surface area contributed by atoms with Crippen LogP contribution in [0.1, 0.15) is 18.4 Å². The molecular formula is C21H29N3O3. The number of benzene rings is 1. The summed E-state index contributed by atoms with van der Waals surface area (Å²) in [6.07, 6.45) is 2.42. The molecule has 1 aromatic heterocycles. The Morgan fingerprint density at radius 3 is 2.33 bits per heavy atom. The highest BCUT2D eigenvalue weighted by Gasteiger charge is 2.17. The van der Waals surface area contributed by atoms with Gasteiger partial charge in [0.2, 0.25) is 0 Å². The van der Waals surface area contributed by atoms with Gasteiger partial charge in [0.1, 0.15) is 11.6 Å². The van der Waals surface area contributed by atoms with E-state index < -0.39 is 0 Å². The maximum atomic E-state index is 11.8. The van der Waals surface area contributed by atoms with Crippen LogP contribution in [0.25, 0.3) is 0 Å². The maximum Gasteiger partial charge on any atom is 0.251 e. The summed E-state index contributed by atoms with van der Waals surface area (Å²) in [6.45, 7) is 7.33. The summed E-state index contributed by atoms with van der Waals surface area (Å²) >= 11 is 0. The van der Waals surface area contributed by atoms with Gasteiger partial charge in [0.15, 0.2) is 0 Å². The molecule has 2 aliphatic heterocycles. The lowest BCUT2D eigenvalue weighted by atomic mass is 10.2. The quantitative estimate of drug-likeness (QED) is 0.899. The maximum absolute atomic E-state index is 11.8. The van der Waals surface area contributed by atoms with Crippen molar-refractivity contribution < 1.29 is 9.47 Å². The van der Waals surface area contributed by atoms with Crippen molar-refractivity contribution in [3.63, 3.8) is 0 Å². The standard InChI is InChI=1S/C13H19N3O2.C8H10O/c17-13-10-11(15-5-7-18-8-6-15)9-12(14-13)16-3-1-2-4-16;1-7-5-3-4-6-8(7)9-2/h9-10H,1-8H2,(H,14,17);3-6H,1-2H3. The second-order valence-corrected chi connectivity index (χ2v) is 6.85. The first-order chi connectivity index (χ1) is 13.2. The third kappa shape index (κ3) is 5.26. The number of H-pyrrole nitrogens is 1. The molecule has 0 spiro atoms. The van der Waals surface area contributed by atoms with Gasteiger partial charge >= 0.3 is 0 Å². The largest absolute Gasteiger partial charge is 0.496 e. The lowest BCUT2D eigenvalue weighted by Gasteiger charge is -2.29. The van der Waals surface area contributed by atoms with Crippen molar-refractivity contribution >= 4 is 11.5 Å². The number of nitrogens with zero attached hydrogens (tertiary/aromatic N) is 2. The van der Waals surface area contributed by atoms with Crippen molar-refractivity contribution in [2.45, 2.75) is 19.8 Å². The molecule has 2 aromatic rings. The Labute approximate surface area is 160 Å². The summed E-state index contributed by atoms with van der Waals surface area (Å²) in [7, 11) is 1.68. The normalized spacial score (nSPS) is 16.7. The van der Waals surface area contributed by atoms with Crippen LogP contribution in [-0.2, 0) is 4.74 Å². The number of nitrogens with one attached hydrogen (secondary N) is 1. The Balaban J connectivity index is 0.000000197. The minimum atomic E-state index is -0.0131. The summed E-state index contributed by atoms with van der Waals surface area (Å²) in [5, 5.41) is 0. The average Bonchev–Trinajstić information content (AvgIpc) is 3.24. The van der Waals surface area contributed by atoms with E-state index in [2.05, 4.69) is 20.9 Å². The molecule has 6 nitrogen and oxygen atoms in total. The second-order valence-electron chi connectivity index (χ2n) is 6.85. The molecule has 1 N–H and O–H groups in total. The van der Waals surface area contributed by atoms with Gasteiger partial charge in [-0.05, 0) is 31.4 Å². The van der Waals surface area contributed by atoms with Crippen molar-refractivity contribution in [3.8, 4) is 5.75 Å². The Hall–Kier alpha value is -2.47. The molecule has 27 heavy (non-hydrogen) atoms. The Morgan fingerprint density at radius 2 is 1.70 bits per heavy atom. The van der Waals surface area contributed by atoms with Crippen LogP contribution in [0, 0.1) is 6.92 Å². The SMILES string of the molecule is COc1ccccc1C.O=c1cc(N2CCOCC2)cc(N2CCCC2)[nH]1. The number of aromatic nitrogens is 1. The van der Waals surface area contributed by atoms with E-state index in [1.165, 1.54) is 18.4 Å². The number of para-hydroxylation sites is 1. The number of anilines is 2. The fourth-order valence-electron chi connectivity index (χ4n) is 3.43. The molecule has 4 rings (SSSR count). The Morgan fingerprint density at radius 1 is 1.00 bits per heavy atom. The van der Waals surface area contributed by atoms with Gasteiger partial charge in [0.25, 0.3) is 5.56 Å². The zero-order chi connectivity index (χ0) is 19.1. The number of aromatic amines is 1. The van der Waals surface area contributed by atoms with Gasteiger partial charge in [-0.25, -0.2) is 0 Å². The van der Waals surface area contributed by atoms with E-state index in [1.54, 1.807) is 13.2 Å². The van der Waals surface area contributed by atoms with Crippen LogP contribution in [0.4, 0.5) is 11.5 Å². The average molecular weight is 371 g/mol. The molecule has 146 valence electrons. The summed E-state index contributed by atoms with van der Waals surface area (Å²) in [6, 6.07) is 11.7. The summed E-state index contributed by atoms with van der Waals surface area (Å²) in [5.74, 6) is 1.92. The molecule has 2 aliphatic rings. The summed E-state index contributed by atoms with van der Waals surface area (Å²) < 4.78 is 10.4. The molecule has 6 heteroatoms. The fourth-order valence-corrected chi connectivity index (χ4v) is 3.43. The van der Waals surface area contributed by atoms with Gasteiger partial charge in [-0.15, -0.1) is 0 Å². The molecular weight excluding hydrogens is 342 g/mol. The van der Waals surface area contributed by atoms with Gasteiger partial charge < -0.3 is 24.3 Å². The van der Waals surface area contributed by atoms with E-state index in [1.807, 2.05) is 31.2 Å². The minimum Gasteiger partial charge on any atom is -0.496 e. The van der Waals surface area contributed by atoms with Crippen molar-refractivity contribution in [2.75, 3.05) is 56.3 Å². The van der Waals surface area contributed by atoms with Gasteiger partial charge in [-0.2, -0.15) is 0 Å². The Kier molecular flexibility index (Phi) is 6.76. The Bertz CT molecular complexity index is 778. The highest BCUT2D eigenvalue weighted by Crippen LogP contribution is 2.22. The van der Waals surface area contributed by atoms with E-state index in [4.69, 9.17) is 9.47 Å². The van der Waals surface area contributed by atoms with E-state index in [9.17, 15) is 4.79 Å². The molecule has 2 saturated heterocycles. The molecule has 0 bridgehead atoms. The predicted octanol–water partition coefficient (Wildman–Crippen LogP) is 2.82. The number of morpholine rings is 1. The first-order valence-electron chi connectivity index (χ1n) is 9.59. The molecule has 0 amide bonds. The first-order valence-corrected chi connectivity index (χ1v) is 9.59. The minimum absolute atomic E-state index is 0.0131. The van der Waals surface area contributed by atoms with Crippen LogP contribution in [0.5, 0.6) is 5.75 Å². The van der Waals surface area contributed by atoms with Crippen molar-refractivity contribution in [1.82, 2.24) is 4.98 Å². The monoisotopic (exact) mass is 371 g/mol. The number of pyridine rings is 1. The first kappa shape index (κ1) is 19.3. The highest BCUT2D eigenvalue weighted by molar-refractivity contribution is 5.55. The van der Waals surface area contributed by atoms with Crippen LogP contribution in [-0.4, -0.2) is 51.5 Å². The molecule has 3 heterocycles. The van der Waals surface area contributed by atoms with Crippen LogP contribution in [0.15, 0.2) is 41.2 Å². The van der Waals surface area contributed by atoms with E-state index >= 15 is 0 Å². The number of ether oxygens (including phenoxy) is 2. The third-order valence-corrected chi connectivity index (χ3v) is 4.95. The van der Waals surface area contributed by atoms with E-state index in [0.29, 0.717) is 0 Å². The smallest absolute Gasteiger partial charge is 0.251 e. The fraction of sp³-hybridized carbons (Fsp3) is 0.476. The van der Waals surface area contributed by atoms with Crippen LogP contribution >= 0.6 is 0 Å². The summed E-state index contributed by atoms with van der Waals surface area (Å²) in [5.41, 5.74) is 2.19.